The Morgan fingerprint density at radius 3 is 2.23 bits per heavy atom. The Bertz CT molecular complexity index is 652. The molecule has 1 aromatic carbocycles. The van der Waals surface area contributed by atoms with Crippen LogP contribution in [0.1, 0.15) is 25.0 Å². The van der Waals surface area contributed by atoms with Crippen LogP contribution >= 0.6 is 11.8 Å². The minimum atomic E-state index is -0.251. The Hall–Kier alpha value is -1.95. The first-order valence-corrected chi connectivity index (χ1v) is 7.70. The number of carbonyl (C=O) groups is 2. The summed E-state index contributed by atoms with van der Waals surface area (Å²) in [6.45, 7) is 5.56. The Labute approximate surface area is 134 Å². The molecule has 0 aliphatic carbocycles. The number of amides is 2. The third-order valence-corrected chi connectivity index (χ3v) is 4.28. The van der Waals surface area contributed by atoms with E-state index in [9.17, 15) is 9.59 Å². The lowest BCUT2D eigenvalue weighted by atomic mass is 10.1. The molecule has 0 spiro atoms. The average Bonchev–Trinajstić information content (AvgIpc) is 2.74. The molecule has 0 radical (unpaired) electrons. The average molecular weight is 321 g/mol. The molecule has 1 heterocycles. The van der Waals surface area contributed by atoms with E-state index in [1.807, 2.05) is 26.8 Å². The van der Waals surface area contributed by atoms with Crippen molar-refractivity contribution in [3.8, 4) is 11.5 Å². The normalized spacial score (nSPS) is 16.8. The number of hydrogen-bond donors (Lipinski definition) is 0. The van der Waals surface area contributed by atoms with Gasteiger partial charge in [0.1, 0.15) is 0 Å². The van der Waals surface area contributed by atoms with Gasteiger partial charge >= 0.3 is 0 Å². The predicted octanol–water partition coefficient (Wildman–Crippen LogP) is 3.46. The third-order valence-electron chi connectivity index (χ3n) is 3.40. The van der Waals surface area contributed by atoms with Crippen LogP contribution in [0.2, 0.25) is 0 Å². The lowest BCUT2D eigenvalue weighted by Crippen LogP contribution is -2.34. The largest absolute Gasteiger partial charge is 0.493 e. The summed E-state index contributed by atoms with van der Waals surface area (Å²) in [7, 11) is 3.13. The number of nitrogens with zero attached hydrogens (tertiary/aromatic N) is 1. The SMILES string of the molecule is COc1cc(C)c(/C=C2\SC(=O)N(C(C)C)C2=O)cc1OC. The number of thioether (sulfide) groups is 1. The van der Waals surface area contributed by atoms with Crippen LogP contribution in [-0.4, -0.2) is 36.3 Å². The van der Waals surface area contributed by atoms with Crippen molar-refractivity contribution >= 4 is 29.0 Å². The van der Waals surface area contributed by atoms with E-state index in [0.29, 0.717) is 16.4 Å². The van der Waals surface area contributed by atoms with Crippen molar-refractivity contribution in [3.05, 3.63) is 28.2 Å². The van der Waals surface area contributed by atoms with E-state index in [1.54, 1.807) is 26.4 Å². The van der Waals surface area contributed by atoms with Gasteiger partial charge in [0.05, 0.1) is 19.1 Å². The summed E-state index contributed by atoms with van der Waals surface area (Å²) in [5.74, 6) is 0.967. The van der Waals surface area contributed by atoms with E-state index in [0.717, 1.165) is 22.9 Å². The van der Waals surface area contributed by atoms with Crippen LogP contribution in [0.4, 0.5) is 4.79 Å². The van der Waals surface area contributed by atoms with Gasteiger partial charge in [0.25, 0.3) is 11.1 Å². The number of imide groups is 1. The minimum Gasteiger partial charge on any atom is -0.493 e. The molecule has 6 heteroatoms. The molecule has 0 bridgehead atoms. The number of carbonyl (C=O) groups excluding carboxylic acids is 2. The van der Waals surface area contributed by atoms with Crippen LogP contribution in [-0.2, 0) is 4.79 Å². The Morgan fingerprint density at radius 1 is 1.14 bits per heavy atom. The molecule has 1 saturated heterocycles. The highest BCUT2D eigenvalue weighted by molar-refractivity contribution is 8.18. The molecule has 5 nitrogen and oxygen atoms in total. The maximum Gasteiger partial charge on any atom is 0.293 e. The number of benzene rings is 1. The number of rotatable bonds is 4. The van der Waals surface area contributed by atoms with E-state index >= 15 is 0 Å². The van der Waals surface area contributed by atoms with Gasteiger partial charge in [-0.05, 0) is 61.9 Å². The molecule has 0 saturated carbocycles. The van der Waals surface area contributed by atoms with Crippen molar-refractivity contribution in [2.24, 2.45) is 0 Å². The fourth-order valence-electron chi connectivity index (χ4n) is 2.22. The van der Waals surface area contributed by atoms with Crippen LogP contribution in [0.15, 0.2) is 17.0 Å². The first-order chi connectivity index (χ1) is 10.4. The highest BCUT2D eigenvalue weighted by Gasteiger charge is 2.36. The number of aryl methyl sites for hydroxylation is 1. The quantitative estimate of drug-likeness (QED) is 0.795. The lowest BCUT2D eigenvalue weighted by molar-refractivity contribution is -0.123. The summed E-state index contributed by atoms with van der Waals surface area (Å²) in [5.41, 5.74) is 1.76. The summed E-state index contributed by atoms with van der Waals surface area (Å²) in [5, 5.41) is -0.232. The minimum absolute atomic E-state index is 0.148. The molecule has 0 N–H and O–H groups in total. The molecule has 1 aliphatic rings. The molecule has 118 valence electrons. The van der Waals surface area contributed by atoms with E-state index in [4.69, 9.17) is 9.47 Å². The van der Waals surface area contributed by atoms with E-state index < -0.39 is 0 Å². The molecular weight excluding hydrogens is 302 g/mol. The standard InChI is InChI=1S/C16H19NO4S/c1-9(2)17-15(18)14(22-16(17)19)8-11-7-13(21-5)12(20-4)6-10(11)3/h6-9H,1-5H3/b14-8-. The topological polar surface area (TPSA) is 55.8 Å². The van der Waals surface area contributed by atoms with Gasteiger partial charge < -0.3 is 9.47 Å². The monoisotopic (exact) mass is 321 g/mol. The van der Waals surface area contributed by atoms with Crippen molar-refractivity contribution < 1.29 is 19.1 Å². The highest BCUT2D eigenvalue weighted by Crippen LogP contribution is 2.36. The van der Waals surface area contributed by atoms with Gasteiger partial charge in [-0.25, -0.2) is 0 Å². The molecule has 2 amide bonds. The second-order valence-electron chi connectivity index (χ2n) is 5.21. The summed E-state index contributed by atoms with van der Waals surface area (Å²) < 4.78 is 10.5. The molecule has 0 unspecified atom stereocenters. The predicted molar refractivity (Wildman–Crippen MR) is 87.2 cm³/mol. The smallest absolute Gasteiger partial charge is 0.293 e. The molecule has 2 rings (SSSR count). The van der Waals surface area contributed by atoms with Crippen molar-refractivity contribution in [2.45, 2.75) is 26.8 Å². The maximum absolute atomic E-state index is 12.3. The lowest BCUT2D eigenvalue weighted by Gasteiger charge is -2.16. The van der Waals surface area contributed by atoms with Gasteiger partial charge in [-0.2, -0.15) is 0 Å². The molecule has 1 fully saturated rings. The van der Waals surface area contributed by atoms with Gasteiger partial charge in [0.2, 0.25) is 0 Å². The first kappa shape index (κ1) is 16.4. The second-order valence-corrected chi connectivity index (χ2v) is 6.20. The number of methoxy groups -OCH3 is 2. The second kappa shape index (κ2) is 6.44. The van der Waals surface area contributed by atoms with E-state index in [-0.39, 0.29) is 17.2 Å². The molecule has 1 aromatic rings. The van der Waals surface area contributed by atoms with Crippen LogP contribution < -0.4 is 9.47 Å². The summed E-state index contributed by atoms with van der Waals surface area (Å²) >= 11 is 0.964. The van der Waals surface area contributed by atoms with Crippen LogP contribution in [0.3, 0.4) is 0 Å². The first-order valence-electron chi connectivity index (χ1n) is 6.88. The van der Waals surface area contributed by atoms with Crippen molar-refractivity contribution in [3.63, 3.8) is 0 Å². The molecular formula is C16H19NO4S. The highest BCUT2D eigenvalue weighted by atomic mass is 32.2. The fraction of sp³-hybridized carbons (Fsp3) is 0.375. The molecule has 0 atom stereocenters. The van der Waals surface area contributed by atoms with Crippen molar-refractivity contribution in [2.75, 3.05) is 14.2 Å². The zero-order valence-electron chi connectivity index (χ0n) is 13.3. The zero-order valence-corrected chi connectivity index (χ0v) is 14.1. The Morgan fingerprint density at radius 2 is 1.73 bits per heavy atom. The molecule has 0 aromatic heterocycles. The van der Waals surface area contributed by atoms with Gasteiger partial charge in [-0.15, -0.1) is 0 Å². The number of hydrogen-bond acceptors (Lipinski definition) is 5. The van der Waals surface area contributed by atoms with Gasteiger partial charge in [0.15, 0.2) is 11.5 Å². The van der Waals surface area contributed by atoms with Crippen molar-refractivity contribution in [1.82, 2.24) is 4.90 Å². The van der Waals surface area contributed by atoms with Gasteiger partial charge in [0, 0.05) is 6.04 Å². The summed E-state index contributed by atoms with van der Waals surface area (Å²) in [6.07, 6.45) is 1.73. The van der Waals surface area contributed by atoms with Crippen LogP contribution in [0, 0.1) is 6.92 Å². The van der Waals surface area contributed by atoms with Crippen LogP contribution in [0.25, 0.3) is 6.08 Å². The Balaban J connectivity index is 2.42. The summed E-state index contributed by atoms with van der Waals surface area (Å²) in [6, 6.07) is 3.50. The summed E-state index contributed by atoms with van der Waals surface area (Å²) in [4.78, 5) is 25.9. The van der Waals surface area contributed by atoms with E-state index in [2.05, 4.69) is 0 Å². The third kappa shape index (κ3) is 2.97. The van der Waals surface area contributed by atoms with Crippen molar-refractivity contribution in [1.29, 1.82) is 0 Å². The Kier molecular flexibility index (Phi) is 4.81. The van der Waals surface area contributed by atoms with E-state index in [1.165, 1.54) is 4.90 Å². The maximum atomic E-state index is 12.3. The fourth-order valence-corrected chi connectivity index (χ4v) is 3.17. The van der Waals surface area contributed by atoms with Gasteiger partial charge in [-0.3, -0.25) is 14.5 Å². The molecule has 1 aliphatic heterocycles. The van der Waals surface area contributed by atoms with Crippen LogP contribution in [0.5, 0.6) is 11.5 Å². The van der Waals surface area contributed by atoms with Gasteiger partial charge in [-0.1, -0.05) is 0 Å². The zero-order chi connectivity index (χ0) is 16.4. The molecule has 22 heavy (non-hydrogen) atoms. The number of ether oxygens (including phenoxy) is 2.